The van der Waals surface area contributed by atoms with E-state index in [2.05, 4.69) is 27.0 Å². The maximum absolute atomic E-state index is 16.0. The molecule has 13 heteroatoms. The minimum Gasteiger partial charge on any atom is -0.491 e. The second-order valence-corrected chi connectivity index (χ2v) is 16.7. The molecule has 2 amide bonds. The summed E-state index contributed by atoms with van der Waals surface area (Å²) in [5.41, 5.74) is 3.11. The molecular formula is C51H48N4O9. The molecule has 0 radical (unpaired) electrons. The highest BCUT2D eigenvalue weighted by Gasteiger charge is 2.74. The number of aliphatic hydroxyl groups is 2. The molecule has 0 aliphatic carbocycles. The van der Waals surface area contributed by atoms with Gasteiger partial charge in [0.1, 0.15) is 29.9 Å². The average Bonchev–Trinajstić information content (AvgIpc) is 4.01. The zero-order valence-corrected chi connectivity index (χ0v) is 35.1. The number of fused-ring (bicyclic) bond motifs is 4. The summed E-state index contributed by atoms with van der Waals surface area (Å²) < 4.78 is 24.0. The number of esters is 1. The Hall–Kier alpha value is -6.69. The summed E-state index contributed by atoms with van der Waals surface area (Å²) in [7, 11) is 0. The topological polar surface area (TPSA) is 150 Å². The number of amides is 2. The third-order valence-electron chi connectivity index (χ3n) is 13.1. The number of para-hydroxylation sites is 1. The van der Waals surface area contributed by atoms with Gasteiger partial charge in [0.25, 0.3) is 0 Å². The molecule has 5 heterocycles. The Morgan fingerprint density at radius 2 is 1.53 bits per heavy atom. The third kappa shape index (κ3) is 7.13. The number of ether oxygens (including phenoxy) is 4. The Balaban J connectivity index is 1.15. The van der Waals surface area contributed by atoms with Crippen LogP contribution in [-0.2, 0) is 31.1 Å². The molecule has 0 unspecified atom stereocenters. The quantitative estimate of drug-likeness (QED) is 0.127. The van der Waals surface area contributed by atoms with Gasteiger partial charge in [-0.05, 0) is 58.7 Å². The summed E-state index contributed by atoms with van der Waals surface area (Å²) in [6.45, 7) is 2.25. The predicted octanol–water partition coefficient (Wildman–Crippen LogP) is 5.14. The number of anilines is 1. The second kappa shape index (κ2) is 17.5. The van der Waals surface area contributed by atoms with Crippen molar-refractivity contribution in [1.82, 2.24) is 14.7 Å². The molecule has 3 saturated heterocycles. The molecule has 0 aromatic heterocycles. The molecule has 10 rings (SSSR count). The lowest BCUT2D eigenvalue weighted by atomic mass is 9.64. The smallest absolute Gasteiger partial charge is 0.324 e. The number of carbonyl (C=O) groups excluding carboxylic acids is 3. The molecule has 13 nitrogen and oxygen atoms in total. The van der Waals surface area contributed by atoms with Crippen LogP contribution >= 0.6 is 0 Å². The van der Waals surface area contributed by atoms with E-state index >= 15 is 14.4 Å². The van der Waals surface area contributed by atoms with Crippen molar-refractivity contribution in [3.8, 4) is 29.1 Å². The lowest BCUT2D eigenvalue weighted by molar-refractivity contribution is -0.179. The Morgan fingerprint density at radius 1 is 0.797 bits per heavy atom. The highest BCUT2D eigenvalue weighted by molar-refractivity contribution is 6.12. The normalized spacial score (nSPS) is 24.7. The summed E-state index contributed by atoms with van der Waals surface area (Å²) in [6, 6.07) is 35.1. The van der Waals surface area contributed by atoms with E-state index in [1.165, 1.54) is 0 Å². The number of cyclic esters (lactones) is 1. The number of carbonyl (C=O) groups is 3. The van der Waals surface area contributed by atoms with E-state index in [0.717, 1.165) is 16.7 Å². The van der Waals surface area contributed by atoms with Crippen LogP contribution in [0.5, 0.6) is 17.2 Å². The first kappa shape index (κ1) is 41.3. The van der Waals surface area contributed by atoms with Crippen LogP contribution in [0.25, 0.3) is 0 Å². The van der Waals surface area contributed by atoms with Crippen molar-refractivity contribution in [2.24, 2.45) is 5.92 Å². The highest BCUT2D eigenvalue weighted by atomic mass is 16.7. The first-order valence-corrected chi connectivity index (χ1v) is 21.8. The summed E-state index contributed by atoms with van der Waals surface area (Å²) in [5.74, 6) is 5.33. The molecule has 3 N–H and O–H groups in total. The average molecular weight is 861 g/mol. The predicted molar refractivity (Wildman–Crippen MR) is 235 cm³/mol. The molecule has 0 bridgehead atoms. The Labute approximate surface area is 371 Å². The van der Waals surface area contributed by atoms with Crippen molar-refractivity contribution in [3.63, 3.8) is 0 Å². The minimum absolute atomic E-state index is 0.0246. The first-order valence-electron chi connectivity index (χ1n) is 21.8. The number of nitrogens with zero attached hydrogens (tertiary/aromatic N) is 3. The maximum Gasteiger partial charge on any atom is 0.324 e. The molecule has 6 atom stereocenters. The molecule has 1 spiro atoms. The Morgan fingerprint density at radius 3 is 2.30 bits per heavy atom. The SMILES string of the molecule is O=C1O[C@@H](c2ccccc2)[C@@H](c2ccccc2)N2[C@@H](c3ccccc3OCCO)[C@]3(C(=O)Nc4ccc(C#CCCO)cc43)[C@@H](C(=O)N3CCN(Cc4ccc5c(c4)OCO5)CC3)[C@H]12. The summed E-state index contributed by atoms with van der Waals surface area (Å²) >= 11 is 0. The van der Waals surface area contributed by atoms with E-state index in [1.54, 1.807) is 23.1 Å². The molecule has 5 aromatic rings. The highest BCUT2D eigenvalue weighted by Crippen LogP contribution is 2.66. The van der Waals surface area contributed by atoms with Gasteiger partial charge in [-0.2, -0.15) is 0 Å². The van der Waals surface area contributed by atoms with E-state index in [1.807, 2.05) is 103 Å². The van der Waals surface area contributed by atoms with Crippen LogP contribution < -0.4 is 19.5 Å². The number of piperazine rings is 1. The second-order valence-electron chi connectivity index (χ2n) is 16.7. The van der Waals surface area contributed by atoms with Crippen LogP contribution in [0.15, 0.2) is 121 Å². The molecule has 0 saturated carbocycles. The standard InChI is InChI=1S/C51H48N4O9/c56-26-10-9-11-33-18-20-39-38(29-33)51(50(60)52-39)43(48(58)54-24-22-53(23-25-54)31-34-19-21-41-42(30-34)63-32-62-41)45-49(59)64-46(36-14-5-2-6-15-36)44(35-12-3-1-4-13-35)55(45)47(51)37-16-7-8-17-40(37)61-28-27-57/h1-8,12-21,29-30,43-47,56-57H,10,22-28,31-32H2,(H,52,60)/t43-,44-,45-,46+,47+,51-/m1/s1. The van der Waals surface area contributed by atoms with Crippen molar-refractivity contribution in [2.45, 2.75) is 42.6 Å². The van der Waals surface area contributed by atoms with Gasteiger partial charge >= 0.3 is 5.97 Å². The van der Waals surface area contributed by atoms with Gasteiger partial charge in [0.05, 0.1) is 31.2 Å². The van der Waals surface area contributed by atoms with E-state index in [-0.39, 0.29) is 38.9 Å². The number of hydrogen-bond donors (Lipinski definition) is 3. The van der Waals surface area contributed by atoms with Crippen molar-refractivity contribution < 1.29 is 43.5 Å². The monoisotopic (exact) mass is 860 g/mol. The first-order chi connectivity index (χ1) is 31.4. The Kier molecular flexibility index (Phi) is 11.3. The lowest BCUT2D eigenvalue weighted by Gasteiger charge is -2.46. The van der Waals surface area contributed by atoms with E-state index in [0.29, 0.717) is 72.4 Å². The van der Waals surface area contributed by atoms with Gasteiger partial charge in [-0.25, -0.2) is 0 Å². The van der Waals surface area contributed by atoms with Gasteiger partial charge in [-0.15, -0.1) is 0 Å². The number of morpholine rings is 1. The fourth-order valence-electron chi connectivity index (χ4n) is 10.5. The molecule has 64 heavy (non-hydrogen) atoms. The molecule has 5 aliphatic heterocycles. The van der Waals surface area contributed by atoms with Gasteiger partial charge in [-0.3, -0.25) is 24.2 Å². The van der Waals surface area contributed by atoms with E-state index < -0.39 is 47.4 Å². The number of benzene rings is 5. The largest absolute Gasteiger partial charge is 0.491 e. The van der Waals surface area contributed by atoms with Crippen LogP contribution in [0.4, 0.5) is 5.69 Å². The van der Waals surface area contributed by atoms with Gasteiger partial charge in [0, 0.05) is 56.0 Å². The van der Waals surface area contributed by atoms with Crippen LogP contribution in [0.2, 0.25) is 0 Å². The number of hydrogen-bond acceptors (Lipinski definition) is 11. The Bertz CT molecular complexity index is 2630. The summed E-state index contributed by atoms with van der Waals surface area (Å²) in [6.07, 6.45) is -0.577. The van der Waals surface area contributed by atoms with Crippen molar-refractivity contribution >= 4 is 23.5 Å². The van der Waals surface area contributed by atoms with Crippen LogP contribution in [-0.4, -0.2) is 102 Å². The number of nitrogens with one attached hydrogen (secondary N) is 1. The zero-order valence-electron chi connectivity index (χ0n) is 35.1. The minimum atomic E-state index is -1.73. The van der Waals surface area contributed by atoms with E-state index in [9.17, 15) is 10.2 Å². The van der Waals surface area contributed by atoms with Gasteiger partial charge in [-0.1, -0.05) is 96.8 Å². The van der Waals surface area contributed by atoms with E-state index in [4.69, 9.17) is 18.9 Å². The third-order valence-corrected chi connectivity index (χ3v) is 13.1. The molecule has 3 fully saturated rings. The summed E-state index contributed by atoms with van der Waals surface area (Å²) in [4.78, 5) is 53.1. The number of aliphatic hydroxyl groups excluding tert-OH is 2. The van der Waals surface area contributed by atoms with Gasteiger partial charge in [0.2, 0.25) is 18.6 Å². The van der Waals surface area contributed by atoms with Crippen LogP contribution in [0.1, 0.15) is 58.0 Å². The lowest BCUT2D eigenvalue weighted by Crippen LogP contribution is -2.58. The fourth-order valence-corrected chi connectivity index (χ4v) is 10.5. The summed E-state index contributed by atoms with van der Waals surface area (Å²) in [5, 5.41) is 22.7. The van der Waals surface area contributed by atoms with Gasteiger partial charge in [0.15, 0.2) is 11.5 Å². The molecule has 326 valence electrons. The zero-order chi connectivity index (χ0) is 43.8. The number of rotatable bonds is 10. The van der Waals surface area contributed by atoms with Crippen LogP contribution in [0.3, 0.4) is 0 Å². The van der Waals surface area contributed by atoms with Crippen molar-refractivity contribution in [3.05, 3.63) is 155 Å². The van der Waals surface area contributed by atoms with Crippen molar-refractivity contribution in [2.75, 3.05) is 58.1 Å². The molecule has 5 aliphatic rings. The maximum atomic E-state index is 16.0. The van der Waals surface area contributed by atoms with Crippen molar-refractivity contribution in [1.29, 1.82) is 0 Å². The van der Waals surface area contributed by atoms with Gasteiger partial charge < -0.3 is 39.4 Å². The molecule has 5 aromatic carbocycles. The molecular weight excluding hydrogens is 813 g/mol. The fraction of sp³-hybridized carbons (Fsp3) is 0.314. The van der Waals surface area contributed by atoms with Crippen LogP contribution in [0, 0.1) is 17.8 Å².